The second kappa shape index (κ2) is 13.2. The smallest absolute Gasteiger partial charge is 0.324 e. The van der Waals surface area contributed by atoms with Crippen LogP contribution in [0, 0.1) is 0 Å². The third-order valence-corrected chi connectivity index (χ3v) is 6.91. The molecule has 0 heterocycles. The van der Waals surface area contributed by atoms with E-state index >= 15 is 0 Å². The molecule has 2 aromatic rings. The summed E-state index contributed by atoms with van der Waals surface area (Å²) in [6.45, 7) is 1.82. The summed E-state index contributed by atoms with van der Waals surface area (Å²) in [5.74, 6) is 0.0504. The van der Waals surface area contributed by atoms with Crippen molar-refractivity contribution in [2.24, 2.45) is 0 Å². The third-order valence-electron chi connectivity index (χ3n) is 4.78. The molecule has 10 heteroatoms. The summed E-state index contributed by atoms with van der Waals surface area (Å²) in [6.07, 6.45) is 1.63. The fourth-order valence-corrected chi connectivity index (χ4v) is 4.60. The first-order valence-electron chi connectivity index (χ1n) is 10.4. The minimum absolute atomic E-state index is 0.0521. The molecule has 2 rings (SSSR count). The molecule has 0 bridgehead atoms. The van der Waals surface area contributed by atoms with Crippen molar-refractivity contribution in [3.8, 4) is 5.75 Å². The Labute approximate surface area is 199 Å². The normalized spacial score (nSPS) is 13.1. The fraction of sp³-hybridized carbons (Fsp3) is 0.391. The van der Waals surface area contributed by atoms with Crippen LogP contribution < -0.4 is 14.8 Å². The summed E-state index contributed by atoms with van der Waals surface area (Å²) in [4.78, 5) is 25.1. The summed E-state index contributed by atoms with van der Waals surface area (Å²) >= 11 is 1.48. The highest BCUT2D eigenvalue weighted by atomic mass is 32.2. The van der Waals surface area contributed by atoms with Gasteiger partial charge in [-0.1, -0.05) is 30.3 Å². The highest BCUT2D eigenvalue weighted by Crippen LogP contribution is 2.13. The Bertz CT molecular complexity index is 997. The monoisotopic (exact) mass is 494 g/mol. The van der Waals surface area contributed by atoms with Crippen molar-refractivity contribution in [2.45, 2.75) is 36.8 Å². The van der Waals surface area contributed by atoms with Gasteiger partial charge in [-0.25, -0.2) is 8.42 Å². The molecule has 33 heavy (non-hydrogen) atoms. The Morgan fingerprint density at radius 1 is 1.06 bits per heavy atom. The minimum atomic E-state index is -3.91. The second-order valence-electron chi connectivity index (χ2n) is 7.24. The highest BCUT2D eigenvalue weighted by Gasteiger charge is 2.29. The molecule has 0 aliphatic rings. The van der Waals surface area contributed by atoms with E-state index in [4.69, 9.17) is 9.47 Å². The molecule has 2 atom stereocenters. The van der Waals surface area contributed by atoms with Gasteiger partial charge in [0, 0.05) is 6.54 Å². The number of ether oxygens (including phenoxy) is 2. The van der Waals surface area contributed by atoms with Crippen LogP contribution in [0.1, 0.15) is 18.9 Å². The van der Waals surface area contributed by atoms with Crippen LogP contribution in [-0.4, -0.2) is 58.1 Å². The molecule has 0 saturated heterocycles. The van der Waals surface area contributed by atoms with E-state index in [9.17, 15) is 18.0 Å². The van der Waals surface area contributed by atoms with Crippen LogP contribution in [0.15, 0.2) is 59.5 Å². The number of hydrogen-bond acceptors (Lipinski definition) is 7. The van der Waals surface area contributed by atoms with Crippen LogP contribution >= 0.6 is 11.8 Å². The SMILES string of the molecule is COc1ccc(CCNC(=O)C(C)OC(=O)C(CCSC)NS(=O)(=O)c2ccccc2)cc1. The topological polar surface area (TPSA) is 111 Å². The number of hydrogen-bond donors (Lipinski definition) is 2. The number of carbonyl (C=O) groups is 2. The van der Waals surface area contributed by atoms with Crippen LogP contribution in [0.2, 0.25) is 0 Å². The standard InChI is InChI=1S/C23H30N2O6S2/c1-17(22(26)24-15-13-18-9-11-19(30-2)12-10-18)31-23(27)21(14-16-32-3)25-33(28,29)20-7-5-4-6-8-20/h4-12,17,21,25H,13-16H2,1-3H3,(H,24,26). The van der Waals surface area contributed by atoms with Crippen LogP contribution in [-0.2, 0) is 30.8 Å². The molecule has 0 aliphatic heterocycles. The van der Waals surface area contributed by atoms with Gasteiger partial charge < -0.3 is 14.8 Å². The van der Waals surface area contributed by atoms with Crippen molar-refractivity contribution < 1.29 is 27.5 Å². The summed E-state index contributed by atoms with van der Waals surface area (Å²) in [6, 6.07) is 14.2. The van der Waals surface area contributed by atoms with Gasteiger partial charge in [-0.05, 0) is 61.6 Å². The molecule has 180 valence electrons. The summed E-state index contributed by atoms with van der Waals surface area (Å²) in [5.41, 5.74) is 1.02. The van der Waals surface area contributed by atoms with Crippen LogP contribution in [0.4, 0.5) is 0 Å². The average Bonchev–Trinajstić information content (AvgIpc) is 2.82. The zero-order valence-corrected chi connectivity index (χ0v) is 20.6. The Hall–Kier alpha value is -2.56. The fourth-order valence-electron chi connectivity index (χ4n) is 2.89. The number of methoxy groups -OCH3 is 1. The molecule has 8 nitrogen and oxygen atoms in total. The Kier molecular flexibility index (Phi) is 10.7. The molecule has 0 fully saturated rings. The first-order chi connectivity index (χ1) is 15.8. The number of esters is 1. The van der Waals surface area contributed by atoms with Gasteiger partial charge >= 0.3 is 5.97 Å². The first-order valence-corrected chi connectivity index (χ1v) is 13.3. The number of thioether (sulfide) groups is 1. The number of rotatable bonds is 13. The third kappa shape index (κ3) is 8.71. The van der Waals surface area contributed by atoms with Crippen molar-refractivity contribution in [1.82, 2.24) is 10.0 Å². The summed E-state index contributed by atoms with van der Waals surface area (Å²) in [7, 11) is -2.32. The molecule has 0 aliphatic carbocycles. The van der Waals surface area contributed by atoms with Crippen molar-refractivity contribution in [3.05, 3.63) is 60.2 Å². The van der Waals surface area contributed by atoms with Gasteiger partial charge in [0.05, 0.1) is 12.0 Å². The van der Waals surface area contributed by atoms with Crippen LogP contribution in [0.25, 0.3) is 0 Å². The maximum atomic E-state index is 12.7. The number of sulfonamides is 1. The first kappa shape index (κ1) is 26.7. The Balaban J connectivity index is 1.91. The largest absolute Gasteiger partial charge is 0.497 e. The molecule has 2 unspecified atom stereocenters. The summed E-state index contributed by atoms with van der Waals surface area (Å²) in [5, 5.41) is 2.73. The van der Waals surface area contributed by atoms with E-state index in [1.807, 2.05) is 30.5 Å². The Morgan fingerprint density at radius 3 is 2.33 bits per heavy atom. The zero-order valence-electron chi connectivity index (χ0n) is 18.9. The lowest BCUT2D eigenvalue weighted by Gasteiger charge is -2.20. The number of benzene rings is 2. The molecule has 1 amide bonds. The van der Waals surface area contributed by atoms with E-state index in [2.05, 4.69) is 10.0 Å². The van der Waals surface area contributed by atoms with Crippen LogP contribution in [0.5, 0.6) is 5.75 Å². The lowest BCUT2D eigenvalue weighted by atomic mass is 10.1. The van der Waals surface area contributed by atoms with Crippen LogP contribution in [0.3, 0.4) is 0 Å². The maximum absolute atomic E-state index is 12.7. The van der Waals surface area contributed by atoms with Gasteiger partial charge in [0.15, 0.2) is 6.10 Å². The zero-order chi connectivity index (χ0) is 24.3. The quantitative estimate of drug-likeness (QED) is 0.411. The lowest BCUT2D eigenvalue weighted by Crippen LogP contribution is -2.45. The molecule has 0 spiro atoms. The van der Waals surface area contributed by atoms with E-state index in [1.54, 1.807) is 25.3 Å². The van der Waals surface area contributed by atoms with E-state index in [0.29, 0.717) is 18.7 Å². The molecule has 2 N–H and O–H groups in total. The number of amides is 1. The lowest BCUT2D eigenvalue weighted by molar-refractivity contribution is -0.156. The molecule has 0 saturated carbocycles. The highest BCUT2D eigenvalue weighted by molar-refractivity contribution is 7.98. The number of nitrogens with one attached hydrogen (secondary N) is 2. The molecular formula is C23H30N2O6S2. The van der Waals surface area contributed by atoms with E-state index < -0.39 is 34.0 Å². The van der Waals surface area contributed by atoms with Gasteiger partial charge in [-0.15, -0.1) is 0 Å². The molecule has 0 aromatic heterocycles. The molecule has 2 aromatic carbocycles. The average molecular weight is 495 g/mol. The van der Waals surface area contributed by atoms with Gasteiger partial charge in [-0.2, -0.15) is 16.5 Å². The Morgan fingerprint density at radius 2 is 1.73 bits per heavy atom. The van der Waals surface area contributed by atoms with Crippen molar-refractivity contribution in [2.75, 3.05) is 25.7 Å². The number of carbonyl (C=O) groups excluding carboxylic acids is 2. The maximum Gasteiger partial charge on any atom is 0.324 e. The summed E-state index contributed by atoms with van der Waals surface area (Å²) < 4.78 is 38.1. The van der Waals surface area contributed by atoms with E-state index in [-0.39, 0.29) is 11.3 Å². The van der Waals surface area contributed by atoms with E-state index in [1.165, 1.54) is 30.8 Å². The van der Waals surface area contributed by atoms with E-state index in [0.717, 1.165) is 11.3 Å². The van der Waals surface area contributed by atoms with Crippen molar-refractivity contribution in [3.63, 3.8) is 0 Å². The predicted octanol–water partition coefficient (Wildman–Crippen LogP) is 2.39. The van der Waals surface area contributed by atoms with Gasteiger partial charge in [0.2, 0.25) is 10.0 Å². The molecular weight excluding hydrogens is 464 g/mol. The van der Waals surface area contributed by atoms with Crippen molar-refractivity contribution in [1.29, 1.82) is 0 Å². The minimum Gasteiger partial charge on any atom is -0.497 e. The van der Waals surface area contributed by atoms with Gasteiger partial charge in [0.25, 0.3) is 5.91 Å². The molecule has 0 radical (unpaired) electrons. The second-order valence-corrected chi connectivity index (χ2v) is 9.94. The predicted molar refractivity (Wildman–Crippen MR) is 129 cm³/mol. The van der Waals surface area contributed by atoms with Gasteiger partial charge in [-0.3, -0.25) is 9.59 Å². The van der Waals surface area contributed by atoms with Crippen molar-refractivity contribution >= 4 is 33.7 Å². The van der Waals surface area contributed by atoms with Gasteiger partial charge in [0.1, 0.15) is 11.8 Å².